The van der Waals surface area contributed by atoms with Gasteiger partial charge in [0.1, 0.15) is 0 Å². The van der Waals surface area contributed by atoms with Crippen LogP contribution in [0.4, 0.5) is 17.1 Å². The number of hydrogen-bond acceptors (Lipinski definition) is 1. The van der Waals surface area contributed by atoms with Crippen molar-refractivity contribution in [3.63, 3.8) is 0 Å². The second-order valence-corrected chi connectivity index (χ2v) is 16.2. The van der Waals surface area contributed by atoms with Crippen LogP contribution in [0.25, 0.3) is 88.4 Å². The van der Waals surface area contributed by atoms with Gasteiger partial charge in [0.2, 0.25) is 0 Å². The fourth-order valence-corrected chi connectivity index (χ4v) is 9.55. The molecule has 0 saturated carbocycles. The number of rotatable bonds is 8. The highest BCUT2D eigenvalue weighted by Crippen LogP contribution is 2.42. The Balaban J connectivity index is 1.01. The van der Waals surface area contributed by atoms with E-state index < -0.39 is 0 Å². The predicted octanol–water partition coefficient (Wildman–Crippen LogP) is 16.4. The Morgan fingerprint density at radius 1 is 0.222 bits per heavy atom. The van der Waals surface area contributed by atoms with Gasteiger partial charge in [0, 0.05) is 50.0 Å². The first-order chi connectivity index (χ1) is 31.2. The van der Waals surface area contributed by atoms with Gasteiger partial charge >= 0.3 is 0 Å². The maximum Gasteiger partial charge on any atom is 0.0542 e. The van der Waals surface area contributed by atoms with Crippen molar-refractivity contribution in [2.75, 3.05) is 4.90 Å². The summed E-state index contributed by atoms with van der Waals surface area (Å²) >= 11 is 0. The molecule has 0 saturated heterocycles. The van der Waals surface area contributed by atoms with Gasteiger partial charge in [-0.25, -0.2) is 0 Å². The van der Waals surface area contributed by atoms with Crippen LogP contribution in [0.1, 0.15) is 0 Å². The van der Waals surface area contributed by atoms with Crippen LogP contribution >= 0.6 is 0 Å². The largest absolute Gasteiger partial charge is 0.310 e. The summed E-state index contributed by atoms with van der Waals surface area (Å²) in [4.78, 5) is 2.39. The minimum Gasteiger partial charge on any atom is -0.310 e. The number of nitrogens with zero attached hydrogens (tertiary/aromatic N) is 3. The number of para-hydroxylation sites is 4. The SMILES string of the molecule is c1ccc(-c2cc(-c3ccccc3)cc(-c3ccc(N(c4ccc(-n5c6ccccc6c6ccccc65)cc4)c4ccc5c(c4)c4ccccc4n5-c4ccccc4)cc3)c2)cc1. The van der Waals surface area contributed by atoms with Gasteiger partial charge in [0.15, 0.2) is 0 Å². The van der Waals surface area contributed by atoms with Crippen molar-refractivity contribution in [2.24, 2.45) is 0 Å². The zero-order valence-electron chi connectivity index (χ0n) is 34.5. The average molecular weight is 804 g/mol. The van der Waals surface area contributed by atoms with Crippen LogP contribution < -0.4 is 4.90 Å². The van der Waals surface area contributed by atoms with Crippen LogP contribution in [0.2, 0.25) is 0 Å². The van der Waals surface area contributed by atoms with Crippen LogP contribution in [-0.2, 0) is 0 Å². The molecule has 0 amide bonds. The molecule has 0 atom stereocenters. The quantitative estimate of drug-likeness (QED) is 0.149. The van der Waals surface area contributed by atoms with Crippen molar-refractivity contribution >= 4 is 60.7 Å². The van der Waals surface area contributed by atoms with Gasteiger partial charge in [-0.15, -0.1) is 0 Å². The molecule has 12 aromatic rings. The summed E-state index contributed by atoms with van der Waals surface area (Å²) in [5.41, 5.74) is 17.4. The first-order valence-electron chi connectivity index (χ1n) is 21.6. The molecule has 0 aliphatic heterocycles. The molecule has 0 spiro atoms. The molecule has 2 heterocycles. The van der Waals surface area contributed by atoms with E-state index >= 15 is 0 Å². The second-order valence-electron chi connectivity index (χ2n) is 16.2. The Morgan fingerprint density at radius 2 is 0.571 bits per heavy atom. The molecule has 0 N–H and O–H groups in total. The van der Waals surface area contributed by atoms with Gasteiger partial charge in [0.25, 0.3) is 0 Å². The molecule has 0 aliphatic carbocycles. The number of aromatic nitrogens is 2. The van der Waals surface area contributed by atoms with Crippen molar-refractivity contribution in [3.05, 3.63) is 249 Å². The Bertz CT molecular complexity index is 3470. The Hall–Kier alpha value is -8.40. The van der Waals surface area contributed by atoms with E-state index in [0.717, 1.165) is 34.0 Å². The maximum atomic E-state index is 2.39. The third-order valence-corrected chi connectivity index (χ3v) is 12.5. The van der Waals surface area contributed by atoms with Crippen LogP contribution in [0.3, 0.4) is 0 Å². The lowest BCUT2D eigenvalue weighted by atomic mass is 9.93. The molecule has 296 valence electrons. The van der Waals surface area contributed by atoms with Crippen LogP contribution in [0.15, 0.2) is 249 Å². The molecule has 2 aromatic heterocycles. The molecule has 63 heavy (non-hydrogen) atoms. The average Bonchev–Trinajstić information content (AvgIpc) is 3.88. The summed E-state index contributed by atoms with van der Waals surface area (Å²) < 4.78 is 4.76. The first kappa shape index (κ1) is 36.5. The minimum absolute atomic E-state index is 1.08. The van der Waals surface area contributed by atoms with Crippen molar-refractivity contribution in [1.29, 1.82) is 0 Å². The topological polar surface area (TPSA) is 13.1 Å². The summed E-state index contributed by atoms with van der Waals surface area (Å²) in [7, 11) is 0. The Morgan fingerprint density at radius 3 is 1.06 bits per heavy atom. The van der Waals surface area contributed by atoms with E-state index in [1.54, 1.807) is 0 Å². The molecule has 12 rings (SSSR count). The van der Waals surface area contributed by atoms with Gasteiger partial charge in [-0.05, 0) is 137 Å². The van der Waals surface area contributed by atoms with Crippen molar-refractivity contribution in [1.82, 2.24) is 9.13 Å². The zero-order valence-corrected chi connectivity index (χ0v) is 34.5. The highest BCUT2D eigenvalue weighted by molar-refractivity contribution is 6.11. The molecule has 3 nitrogen and oxygen atoms in total. The van der Waals surface area contributed by atoms with Crippen molar-refractivity contribution in [3.8, 4) is 44.8 Å². The van der Waals surface area contributed by atoms with E-state index in [0.29, 0.717) is 0 Å². The molecule has 3 heteroatoms. The monoisotopic (exact) mass is 803 g/mol. The normalized spacial score (nSPS) is 11.5. The molecule has 0 fully saturated rings. The summed E-state index contributed by atoms with van der Waals surface area (Å²) in [6.45, 7) is 0. The lowest BCUT2D eigenvalue weighted by Crippen LogP contribution is -2.10. The molecular formula is C60H41N3. The highest BCUT2D eigenvalue weighted by atomic mass is 15.1. The molecule has 0 unspecified atom stereocenters. The van der Waals surface area contributed by atoms with E-state index in [1.807, 2.05) is 0 Å². The van der Waals surface area contributed by atoms with Gasteiger partial charge in [0.05, 0.1) is 22.1 Å². The summed E-state index contributed by atoms with van der Waals surface area (Å²) in [5, 5.41) is 4.95. The Labute approximate surface area is 366 Å². The van der Waals surface area contributed by atoms with Gasteiger partial charge < -0.3 is 14.0 Å². The Kier molecular flexibility index (Phi) is 8.83. The van der Waals surface area contributed by atoms with Crippen molar-refractivity contribution in [2.45, 2.75) is 0 Å². The number of hydrogen-bond donors (Lipinski definition) is 0. The lowest BCUT2D eigenvalue weighted by molar-refractivity contribution is 1.17. The molecule has 0 radical (unpaired) electrons. The summed E-state index contributed by atoms with van der Waals surface area (Å²) in [6, 6.07) is 90.1. The van der Waals surface area contributed by atoms with Crippen molar-refractivity contribution < 1.29 is 0 Å². The van der Waals surface area contributed by atoms with Gasteiger partial charge in [-0.3, -0.25) is 0 Å². The van der Waals surface area contributed by atoms with E-state index in [4.69, 9.17) is 0 Å². The number of anilines is 3. The van der Waals surface area contributed by atoms with E-state index in [2.05, 4.69) is 263 Å². The standard InChI is InChI=1S/C60H41N3/c1-4-16-42(17-5-1)45-38-46(43-18-6-2-7-19-43)40-47(39-45)44-28-30-49(31-29-44)61(50-32-34-51(35-33-50)63-57-25-13-10-22-53(57)54-23-11-14-26-58(54)63)52-36-37-60-56(41-52)55-24-12-15-27-59(55)62(60)48-20-8-3-9-21-48/h1-41H. The van der Waals surface area contributed by atoms with Crippen LogP contribution in [0, 0.1) is 0 Å². The molecule has 0 bridgehead atoms. The van der Waals surface area contributed by atoms with E-state index in [-0.39, 0.29) is 0 Å². The minimum atomic E-state index is 1.08. The molecule has 10 aromatic carbocycles. The number of benzene rings is 10. The predicted molar refractivity (Wildman–Crippen MR) is 266 cm³/mol. The zero-order chi connectivity index (χ0) is 41.7. The molecule has 0 aliphatic rings. The third kappa shape index (κ3) is 6.38. The maximum absolute atomic E-state index is 2.39. The first-order valence-corrected chi connectivity index (χ1v) is 21.6. The summed E-state index contributed by atoms with van der Waals surface area (Å²) in [6.07, 6.45) is 0. The highest BCUT2D eigenvalue weighted by Gasteiger charge is 2.19. The lowest BCUT2D eigenvalue weighted by Gasteiger charge is -2.26. The van der Waals surface area contributed by atoms with E-state index in [9.17, 15) is 0 Å². The fourth-order valence-electron chi connectivity index (χ4n) is 9.55. The van der Waals surface area contributed by atoms with Gasteiger partial charge in [-0.1, -0.05) is 146 Å². The summed E-state index contributed by atoms with van der Waals surface area (Å²) in [5.74, 6) is 0. The molecular weight excluding hydrogens is 763 g/mol. The van der Waals surface area contributed by atoms with Crippen LogP contribution in [-0.4, -0.2) is 9.13 Å². The van der Waals surface area contributed by atoms with Gasteiger partial charge in [-0.2, -0.15) is 0 Å². The van der Waals surface area contributed by atoms with Crippen LogP contribution in [0.5, 0.6) is 0 Å². The number of fused-ring (bicyclic) bond motifs is 6. The fraction of sp³-hybridized carbons (Fsp3) is 0. The van der Waals surface area contributed by atoms with E-state index in [1.165, 1.54) is 71.4 Å². The third-order valence-electron chi connectivity index (χ3n) is 12.5. The second kappa shape index (κ2) is 15.3. The smallest absolute Gasteiger partial charge is 0.0542 e.